The van der Waals surface area contributed by atoms with Crippen molar-refractivity contribution < 1.29 is 4.42 Å². The minimum absolute atomic E-state index is 0.724. The van der Waals surface area contributed by atoms with Crippen molar-refractivity contribution in [3.63, 3.8) is 0 Å². The van der Waals surface area contributed by atoms with Gasteiger partial charge in [0.15, 0.2) is 5.65 Å². The van der Waals surface area contributed by atoms with Crippen molar-refractivity contribution in [2.45, 2.75) is 0 Å². The second-order valence-electron chi connectivity index (χ2n) is 6.69. The summed E-state index contributed by atoms with van der Waals surface area (Å²) in [6.07, 6.45) is 5.61. The number of aromatic nitrogens is 4. The van der Waals surface area contributed by atoms with Crippen LogP contribution in [0.4, 0.5) is 11.5 Å². The van der Waals surface area contributed by atoms with Gasteiger partial charge in [0.2, 0.25) is 0 Å². The van der Waals surface area contributed by atoms with E-state index in [-0.39, 0.29) is 0 Å². The van der Waals surface area contributed by atoms with Crippen molar-refractivity contribution >= 4 is 39.0 Å². The fourth-order valence-corrected chi connectivity index (χ4v) is 3.51. The van der Waals surface area contributed by atoms with Crippen LogP contribution >= 0.6 is 0 Å². The minimum atomic E-state index is 0.724. The summed E-state index contributed by atoms with van der Waals surface area (Å²) >= 11 is 0. The summed E-state index contributed by atoms with van der Waals surface area (Å²) in [6.45, 7) is 0. The molecule has 0 saturated carbocycles. The maximum absolute atomic E-state index is 6.09. The van der Waals surface area contributed by atoms with Crippen molar-refractivity contribution in [3.05, 3.63) is 79.3 Å². The average molecular weight is 365 g/mol. The van der Waals surface area contributed by atoms with Crippen LogP contribution < -0.4 is 5.32 Å². The van der Waals surface area contributed by atoms with E-state index in [0.29, 0.717) is 0 Å². The maximum atomic E-state index is 6.09. The number of H-pyrrole nitrogens is 1. The van der Waals surface area contributed by atoms with Crippen LogP contribution in [-0.4, -0.2) is 19.6 Å². The van der Waals surface area contributed by atoms with E-state index < -0.39 is 0 Å². The van der Waals surface area contributed by atoms with Crippen molar-refractivity contribution in [1.29, 1.82) is 0 Å². The number of nitrogens with zero attached hydrogens (tertiary/aromatic N) is 3. The molecule has 0 bridgehead atoms. The number of nitrogens with one attached hydrogen (secondary N) is 2. The Labute approximate surface area is 159 Å². The molecule has 4 aromatic heterocycles. The summed E-state index contributed by atoms with van der Waals surface area (Å²) in [7, 11) is 0. The molecule has 0 aliphatic heterocycles. The highest BCUT2D eigenvalue weighted by atomic mass is 16.3. The van der Waals surface area contributed by atoms with Gasteiger partial charge in [0.25, 0.3) is 0 Å². The molecular formula is C22H15N5O. The molecule has 28 heavy (non-hydrogen) atoms. The zero-order chi connectivity index (χ0) is 18.5. The van der Waals surface area contributed by atoms with E-state index in [1.165, 1.54) is 0 Å². The molecule has 0 unspecified atom stereocenters. The van der Waals surface area contributed by atoms with Gasteiger partial charge in [-0.25, -0.2) is 9.50 Å². The van der Waals surface area contributed by atoms with Gasteiger partial charge < -0.3 is 14.7 Å². The lowest BCUT2D eigenvalue weighted by Gasteiger charge is -2.10. The van der Waals surface area contributed by atoms with Gasteiger partial charge in [-0.1, -0.05) is 18.2 Å². The Balaban J connectivity index is 1.52. The standard InChI is InChI=1S/C22H15N5O/c1-2-4-19-15(3-1)12-20(28-19)17-13-27-21(8-10-24-27)26-22(17)25-16-5-6-18-14(11-16)7-9-23-18/h1-13,23H,(H,25,26). The molecule has 0 saturated heterocycles. The van der Waals surface area contributed by atoms with Crippen LogP contribution in [0.3, 0.4) is 0 Å². The number of para-hydroxylation sites is 1. The largest absolute Gasteiger partial charge is 0.456 e. The number of anilines is 2. The summed E-state index contributed by atoms with van der Waals surface area (Å²) in [5.74, 6) is 1.47. The van der Waals surface area contributed by atoms with Crippen molar-refractivity contribution in [1.82, 2.24) is 19.6 Å². The van der Waals surface area contributed by atoms with E-state index in [1.54, 1.807) is 10.7 Å². The van der Waals surface area contributed by atoms with Gasteiger partial charge >= 0.3 is 0 Å². The zero-order valence-corrected chi connectivity index (χ0v) is 14.8. The fourth-order valence-electron chi connectivity index (χ4n) is 3.51. The van der Waals surface area contributed by atoms with Gasteiger partial charge in [0.05, 0.1) is 11.8 Å². The van der Waals surface area contributed by atoms with Crippen molar-refractivity contribution in [2.75, 3.05) is 5.32 Å². The molecule has 0 aliphatic carbocycles. The smallest absolute Gasteiger partial charge is 0.157 e. The molecule has 134 valence electrons. The lowest BCUT2D eigenvalue weighted by atomic mass is 10.2. The van der Waals surface area contributed by atoms with E-state index in [1.807, 2.05) is 60.9 Å². The molecule has 0 spiro atoms. The highest BCUT2D eigenvalue weighted by Gasteiger charge is 2.15. The summed E-state index contributed by atoms with van der Waals surface area (Å²) in [6, 6.07) is 20.1. The Morgan fingerprint density at radius 3 is 2.89 bits per heavy atom. The fraction of sp³-hybridized carbons (Fsp3) is 0. The molecule has 2 aromatic carbocycles. The molecule has 6 rings (SSSR count). The van der Waals surface area contributed by atoms with Crippen LogP contribution in [0, 0.1) is 0 Å². The highest BCUT2D eigenvalue weighted by molar-refractivity contribution is 5.88. The molecule has 0 fully saturated rings. The maximum Gasteiger partial charge on any atom is 0.157 e. The molecule has 6 heteroatoms. The molecule has 6 nitrogen and oxygen atoms in total. The van der Waals surface area contributed by atoms with E-state index in [4.69, 9.17) is 9.40 Å². The third kappa shape index (κ3) is 2.35. The first-order valence-electron chi connectivity index (χ1n) is 9.01. The molecule has 0 amide bonds. The van der Waals surface area contributed by atoms with Gasteiger partial charge in [0, 0.05) is 40.4 Å². The van der Waals surface area contributed by atoms with Gasteiger partial charge in [-0.3, -0.25) is 0 Å². The molecular weight excluding hydrogens is 350 g/mol. The molecule has 0 atom stereocenters. The summed E-state index contributed by atoms with van der Waals surface area (Å²) in [4.78, 5) is 7.98. The van der Waals surface area contributed by atoms with E-state index >= 15 is 0 Å². The summed E-state index contributed by atoms with van der Waals surface area (Å²) < 4.78 is 7.84. The second kappa shape index (κ2) is 5.72. The quantitative estimate of drug-likeness (QED) is 0.442. The topological polar surface area (TPSA) is 71.2 Å². The SMILES string of the molecule is c1ccc2oc(-c3cn4nccc4nc3Nc3ccc4[nH]ccc4c3)cc2c1. The van der Waals surface area contributed by atoms with Crippen LogP contribution in [-0.2, 0) is 0 Å². The van der Waals surface area contributed by atoms with Gasteiger partial charge in [-0.05, 0) is 36.4 Å². The number of rotatable bonds is 3. The van der Waals surface area contributed by atoms with Gasteiger partial charge in [-0.2, -0.15) is 5.10 Å². The van der Waals surface area contributed by atoms with E-state index in [9.17, 15) is 0 Å². The first-order chi connectivity index (χ1) is 13.8. The Morgan fingerprint density at radius 2 is 1.93 bits per heavy atom. The van der Waals surface area contributed by atoms with Crippen LogP contribution in [0.15, 0.2) is 83.7 Å². The van der Waals surface area contributed by atoms with Crippen molar-refractivity contribution in [3.8, 4) is 11.3 Å². The third-order valence-electron chi connectivity index (χ3n) is 4.89. The number of furan rings is 1. The highest BCUT2D eigenvalue weighted by Crippen LogP contribution is 2.34. The number of fused-ring (bicyclic) bond motifs is 3. The minimum Gasteiger partial charge on any atom is -0.456 e. The Morgan fingerprint density at radius 1 is 0.964 bits per heavy atom. The predicted molar refractivity (Wildman–Crippen MR) is 110 cm³/mol. The lowest BCUT2D eigenvalue weighted by Crippen LogP contribution is -2.00. The predicted octanol–water partition coefficient (Wildman–Crippen LogP) is 5.37. The number of aromatic amines is 1. The van der Waals surface area contributed by atoms with Gasteiger partial charge in [0.1, 0.15) is 17.2 Å². The Hall–Kier alpha value is -4.06. The molecule has 0 aliphatic rings. The molecule has 6 aromatic rings. The van der Waals surface area contributed by atoms with Gasteiger partial charge in [-0.15, -0.1) is 0 Å². The van der Waals surface area contributed by atoms with Crippen LogP contribution in [0.5, 0.6) is 0 Å². The van der Waals surface area contributed by atoms with E-state index in [0.717, 1.165) is 50.3 Å². The van der Waals surface area contributed by atoms with Crippen LogP contribution in [0.2, 0.25) is 0 Å². The number of hydrogen-bond donors (Lipinski definition) is 2. The van der Waals surface area contributed by atoms with E-state index in [2.05, 4.69) is 27.5 Å². The Bertz CT molecular complexity index is 1420. The molecule has 2 N–H and O–H groups in total. The van der Waals surface area contributed by atoms with Crippen LogP contribution in [0.1, 0.15) is 0 Å². The zero-order valence-electron chi connectivity index (χ0n) is 14.8. The summed E-state index contributed by atoms with van der Waals surface area (Å²) in [5, 5.41) is 9.97. The number of hydrogen-bond acceptors (Lipinski definition) is 4. The molecule has 0 radical (unpaired) electrons. The summed E-state index contributed by atoms with van der Waals surface area (Å²) in [5.41, 5.74) is 4.52. The Kier molecular flexibility index (Phi) is 3.07. The lowest BCUT2D eigenvalue weighted by molar-refractivity contribution is 0.630. The normalized spacial score (nSPS) is 11.6. The first-order valence-corrected chi connectivity index (χ1v) is 9.01. The van der Waals surface area contributed by atoms with Crippen molar-refractivity contribution in [2.24, 2.45) is 0 Å². The second-order valence-corrected chi connectivity index (χ2v) is 6.69. The molecule has 4 heterocycles. The monoisotopic (exact) mass is 365 g/mol. The first kappa shape index (κ1) is 15.0. The van der Waals surface area contributed by atoms with Crippen LogP contribution in [0.25, 0.3) is 38.8 Å². The third-order valence-corrected chi connectivity index (χ3v) is 4.89. The number of benzene rings is 2. The average Bonchev–Trinajstić information content (AvgIpc) is 3.45.